The molecule has 17 heteroatoms. The van der Waals surface area contributed by atoms with Crippen LogP contribution in [0.25, 0.3) is 0 Å². The number of halogens is 15. The Hall–Kier alpha value is -2.90. The van der Waals surface area contributed by atoms with Crippen LogP contribution in [0.4, 0.5) is 65.9 Å². The first-order valence-electron chi connectivity index (χ1n) is 10.3. The maximum Gasteiger partial charge on any atom is 0.509 e. The summed E-state index contributed by atoms with van der Waals surface area (Å²) >= 11 is -4.51. The van der Waals surface area contributed by atoms with Gasteiger partial charge in [-0.2, -0.15) is 0 Å². The second-order valence-electron chi connectivity index (χ2n) is 8.20. The first kappa shape index (κ1) is 29.1. The van der Waals surface area contributed by atoms with Gasteiger partial charge in [-0.05, 0) is 10.8 Å². The van der Waals surface area contributed by atoms with E-state index < -0.39 is 141 Å². The first-order chi connectivity index (χ1) is 18.1. The van der Waals surface area contributed by atoms with E-state index in [1.165, 1.54) is 0 Å². The number of benzene rings is 3. The van der Waals surface area contributed by atoms with Crippen LogP contribution in [0.3, 0.4) is 0 Å². The highest BCUT2D eigenvalue weighted by atomic mass is 27.2. The smallest absolute Gasteiger partial charge is 0.485 e. The molecule has 1 fully saturated rings. The maximum absolute atomic E-state index is 14.9. The second kappa shape index (κ2) is 9.93. The van der Waals surface area contributed by atoms with Crippen molar-refractivity contribution in [2.45, 2.75) is 23.7 Å². The topological polar surface area (TPSA) is 9.23 Å². The van der Waals surface area contributed by atoms with Gasteiger partial charge in [0.05, 0.1) is 11.1 Å². The molecular weight excluding hydrogens is 592 g/mol. The van der Waals surface area contributed by atoms with Crippen molar-refractivity contribution in [2.75, 3.05) is 0 Å². The molecule has 0 unspecified atom stereocenters. The fraction of sp³-hybridized carbons (Fsp3) is 0.182. The molecular formula is C22H6AlF15O. The minimum absolute atomic E-state index is 0.745. The molecule has 1 nitrogen and oxygen atoms in total. The van der Waals surface area contributed by atoms with Crippen LogP contribution in [-0.4, -0.2) is 14.5 Å². The van der Waals surface area contributed by atoms with E-state index in [0.29, 0.717) is 0 Å². The molecule has 1 heterocycles. The summed E-state index contributed by atoms with van der Waals surface area (Å²) in [6, 6.07) is 0. The van der Waals surface area contributed by atoms with Gasteiger partial charge in [-0.15, -0.1) is 0 Å². The largest absolute Gasteiger partial charge is 0.509 e. The summed E-state index contributed by atoms with van der Waals surface area (Å²) < 4.78 is 217. The van der Waals surface area contributed by atoms with E-state index in [9.17, 15) is 65.9 Å². The van der Waals surface area contributed by atoms with Crippen molar-refractivity contribution in [1.82, 2.24) is 0 Å². The van der Waals surface area contributed by atoms with Crippen LogP contribution in [0.1, 0.15) is 24.0 Å². The summed E-state index contributed by atoms with van der Waals surface area (Å²) in [6.45, 7) is 0. The van der Waals surface area contributed by atoms with Gasteiger partial charge in [-0.3, -0.25) is 0 Å². The zero-order chi connectivity index (χ0) is 29.3. The summed E-state index contributed by atoms with van der Waals surface area (Å²) in [5.41, 5.74) is -8.52. The average molecular weight is 598 g/mol. The van der Waals surface area contributed by atoms with Crippen molar-refractivity contribution < 1.29 is 69.6 Å². The molecule has 1 aliphatic rings. The molecule has 0 amide bonds. The fourth-order valence-corrected chi connectivity index (χ4v) is 7.17. The molecule has 1 aliphatic heterocycles. The van der Waals surface area contributed by atoms with Gasteiger partial charge in [-0.25, -0.2) is 65.9 Å². The number of rotatable bonds is 3. The number of hydrogen-bond acceptors (Lipinski definition) is 1. The van der Waals surface area contributed by atoms with Crippen molar-refractivity contribution in [2.24, 2.45) is 0 Å². The van der Waals surface area contributed by atoms with Gasteiger partial charge in [0.1, 0.15) is 5.60 Å². The van der Waals surface area contributed by atoms with Gasteiger partial charge in [-0.1, -0.05) is 11.7 Å². The van der Waals surface area contributed by atoms with Gasteiger partial charge in [0.15, 0.2) is 75.6 Å². The summed E-state index contributed by atoms with van der Waals surface area (Å²) in [7, 11) is 0. The molecule has 0 N–H and O–H groups in total. The molecule has 0 atom stereocenters. The van der Waals surface area contributed by atoms with Gasteiger partial charge in [0, 0.05) is 0 Å². The SMILES string of the molecule is Fc1c(F)c(F)[c]([Al]2[CH2]CCC(c3c(F)c(F)c(F)c(F)c3F)(c3c(F)c(F)c(F)c(F)c3F)[O]2)c(F)c1F. The van der Waals surface area contributed by atoms with Crippen LogP contribution in [0.15, 0.2) is 0 Å². The van der Waals surface area contributed by atoms with Crippen molar-refractivity contribution in [3.63, 3.8) is 0 Å². The summed E-state index contributed by atoms with van der Waals surface area (Å²) in [5, 5.41) is -0.745. The Labute approximate surface area is 211 Å². The lowest BCUT2D eigenvalue weighted by Gasteiger charge is -2.42. The van der Waals surface area contributed by atoms with Crippen LogP contribution >= 0.6 is 0 Å². The third-order valence-electron chi connectivity index (χ3n) is 6.13. The van der Waals surface area contributed by atoms with E-state index in [1.54, 1.807) is 0 Å². The Morgan fingerprint density at radius 1 is 0.410 bits per heavy atom. The molecule has 3 aromatic carbocycles. The van der Waals surface area contributed by atoms with E-state index in [4.69, 9.17) is 3.79 Å². The standard InChI is InChI=1S/C16H6F10O.C6F5.Al/c1-2-3-16(27,4-6(17)10(21)14(25)11(22)7(4)18)5-8(19)12(23)15(26)13(24)9(5)20;7-2-1-3(8)5(10)6(11)4(2)9;/h1-3H2;;/q-1;;+1. The minimum atomic E-state index is -4.51. The van der Waals surface area contributed by atoms with Gasteiger partial charge >= 0.3 is 14.5 Å². The zero-order valence-electron chi connectivity index (χ0n) is 18.3. The fourth-order valence-electron chi connectivity index (χ4n) is 4.42. The van der Waals surface area contributed by atoms with Crippen molar-refractivity contribution >= 4 is 18.9 Å². The third-order valence-corrected chi connectivity index (χ3v) is 8.90. The van der Waals surface area contributed by atoms with E-state index in [-0.39, 0.29) is 0 Å². The molecule has 0 aromatic heterocycles. The highest BCUT2D eigenvalue weighted by Crippen LogP contribution is 2.49. The summed E-state index contributed by atoms with van der Waals surface area (Å²) in [4.78, 5) is 0. The Balaban J connectivity index is 2.15. The van der Waals surface area contributed by atoms with E-state index in [0.717, 1.165) is 0 Å². The van der Waals surface area contributed by atoms with Crippen molar-refractivity contribution in [3.8, 4) is 0 Å². The zero-order valence-corrected chi connectivity index (χ0v) is 19.4. The van der Waals surface area contributed by atoms with E-state index in [2.05, 4.69) is 0 Å². The molecule has 0 spiro atoms. The third kappa shape index (κ3) is 4.08. The Bertz CT molecular complexity index is 1380. The van der Waals surface area contributed by atoms with Crippen LogP contribution in [-0.2, 0) is 9.39 Å². The molecule has 39 heavy (non-hydrogen) atoms. The first-order valence-corrected chi connectivity index (χ1v) is 12.2. The summed E-state index contributed by atoms with van der Waals surface area (Å²) in [6.07, 6.45) is -2.14. The highest BCUT2D eigenvalue weighted by Gasteiger charge is 2.54. The minimum Gasteiger partial charge on any atom is -0.485 e. The maximum atomic E-state index is 14.9. The lowest BCUT2D eigenvalue weighted by molar-refractivity contribution is 0.0629. The van der Waals surface area contributed by atoms with Crippen molar-refractivity contribution in [3.05, 3.63) is 98.4 Å². The quantitative estimate of drug-likeness (QED) is 0.141. The molecule has 0 aliphatic carbocycles. The van der Waals surface area contributed by atoms with Gasteiger partial charge < -0.3 is 3.79 Å². The van der Waals surface area contributed by atoms with Crippen LogP contribution in [0.5, 0.6) is 0 Å². The normalized spacial score (nSPS) is 15.3. The molecule has 4 rings (SSSR count). The van der Waals surface area contributed by atoms with Gasteiger partial charge in [0.25, 0.3) is 0 Å². The lowest BCUT2D eigenvalue weighted by Crippen LogP contribution is -2.51. The van der Waals surface area contributed by atoms with Crippen LogP contribution in [0, 0.1) is 87.3 Å². The molecule has 0 bridgehead atoms. The van der Waals surface area contributed by atoms with E-state index in [1.807, 2.05) is 0 Å². The monoisotopic (exact) mass is 598 g/mol. The lowest BCUT2D eigenvalue weighted by atomic mass is 9.80. The average Bonchev–Trinajstić information content (AvgIpc) is 2.91. The molecule has 0 radical (unpaired) electrons. The Kier molecular flexibility index (Phi) is 7.41. The molecule has 1 saturated heterocycles. The predicted octanol–water partition coefficient (Wildman–Crippen LogP) is 6.73. The van der Waals surface area contributed by atoms with Gasteiger partial charge in [0.2, 0.25) is 11.6 Å². The Morgan fingerprint density at radius 3 is 1.03 bits per heavy atom. The molecule has 0 saturated carbocycles. The van der Waals surface area contributed by atoms with E-state index >= 15 is 0 Å². The van der Waals surface area contributed by atoms with Crippen LogP contribution < -0.4 is 4.43 Å². The molecule has 208 valence electrons. The molecule has 3 aromatic rings. The highest BCUT2D eigenvalue weighted by molar-refractivity contribution is 6.67. The van der Waals surface area contributed by atoms with Crippen molar-refractivity contribution in [1.29, 1.82) is 0 Å². The van der Waals surface area contributed by atoms with Crippen LogP contribution in [0.2, 0.25) is 5.28 Å². The predicted molar refractivity (Wildman–Crippen MR) is 100.0 cm³/mol. The second-order valence-corrected chi connectivity index (χ2v) is 10.6. The number of hydrogen-bond donors (Lipinski definition) is 0. The summed E-state index contributed by atoms with van der Waals surface area (Å²) in [5.74, 6) is -41.1. The Morgan fingerprint density at radius 2 is 0.692 bits per heavy atom.